The van der Waals surface area contributed by atoms with Gasteiger partial charge < -0.3 is 5.32 Å². The highest BCUT2D eigenvalue weighted by molar-refractivity contribution is 6.29. The summed E-state index contributed by atoms with van der Waals surface area (Å²) in [6.07, 6.45) is 1.88. The van der Waals surface area contributed by atoms with E-state index in [0.29, 0.717) is 11.2 Å². The van der Waals surface area contributed by atoms with Gasteiger partial charge in [0.2, 0.25) is 0 Å². The Balaban J connectivity index is 2.84. The summed E-state index contributed by atoms with van der Waals surface area (Å²) in [5.74, 6) is 1.62. The molecule has 0 fully saturated rings. The van der Waals surface area contributed by atoms with Gasteiger partial charge in [0.25, 0.3) is 0 Å². The Morgan fingerprint density at radius 3 is 2.53 bits per heavy atom. The normalized spacial score (nSPS) is 13.5. The van der Waals surface area contributed by atoms with E-state index in [2.05, 4.69) is 49.9 Å². The summed E-state index contributed by atoms with van der Waals surface area (Å²) < 4.78 is 0. The number of nitrogens with zero attached hydrogens (tertiary/aromatic N) is 2. The molecule has 0 bridgehead atoms. The Bertz CT molecular complexity index is 371. The van der Waals surface area contributed by atoms with Crippen molar-refractivity contribution in [1.82, 2.24) is 9.97 Å². The Hall–Kier alpha value is -0.830. The number of hydrogen-bond donors (Lipinski definition) is 1. The van der Waals surface area contributed by atoms with Gasteiger partial charge in [-0.3, -0.25) is 0 Å². The quantitative estimate of drug-likeness (QED) is 0.829. The van der Waals surface area contributed by atoms with Crippen LogP contribution in [0.15, 0.2) is 6.07 Å². The van der Waals surface area contributed by atoms with Gasteiger partial charge in [0.1, 0.15) is 16.8 Å². The van der Waals surface area contributed by atoms with Crippen molar-refractivity contribution < 1.29 is 0 Å². The van der Waals surface area contributed by atoms with Gasteiger partial charge in [-0.05, 0) is 18.8 Å². The smallest absolute Gasteiger partial charge is 0.134 e. The average molecular weight is 256 g/mol. The lowest BCUT2D eigenvalue weighted by Crippen LogP contribution is -2.31. The zero-order valence-electron chi connectivity index (χ0n) is 11.3. The maximum Gasteiger partial charge on any atom is 0.134 e. The van der Waals surface area contributed by atoms with Crippen LogP contribution in [0.1, 0.15) is 46.9 Å². The first-order valence-corrected chi connectivity index (χ1v) is 6.50. The molecule has 0 aromatic carbocycles. The van der Waals surface area contributed by atoms with E-state index in [1.807, 2.05) is 0 Å². The van der Waals surface area contributed by atoms with Crippen LogP contribution in [0.5, 0.6) is 0 Å². The SMILES string of the molecule is CCCc1nc(Cl)cc(NC(C)C(C)(C)C)n1. The maximum atomic E-state index is 5.99. The van der Waals surface area contributed by atoms with Crippen molar-refractivity contribution in [2.24, 2.45) is 5.41 Å². The Morgan fingerprint density at radius 1 is 1.35 bits per heavy atom. The van der Waals surface area contributed by atoms with Gasteiger partial charge in [-0.2, -0.15) is 0 Å². The van der Waals surface area contributed by atoms with Gasteiger partial charge in [-0.25, -0.2) is 9.97 Å². The highest BCUT2D eigenvalue weighted by Gasteiger charge is 2.20. The fourth-order valence-electron chi connectivity index (χ4n) is 1.31. The summed E-state index contributed by atoms with van der Waals surface area (Å²) in [5, 5.41) is 3.89. The molecule has 1 aromatic rings. The van der Waals surface area contributed by atoms with Crippen molar-refractivity contribution in [3.8, 4) is 0 Å². The number of hydrogen-bond acceptors (Lipinski definition) is 3. The molecule has 0 aliphatic heterocycles. The first-order valence-electron chi connectivity index (χ1n) is 6.13. The number of anilines is 1. The minimum Gasteiger partial charge on any atom is -0.367 e. The lowest BCUT2D eigenvalue weighted by Gasteiger charge is -2.28. The number of rotatable bonds is 4. The first kappa shape index (κ1) is 14.2. The lowest BCUT2D eigenvalue weighted by atomic mass is 9.88. The van der Waals surface area contributed by atoms with Crippen LogP contribution in [-0.4, -0.2) is 16.0 Å². The van der Waals surface area contributed by atoms with Crippen molar-refractivity contribution in [2.75, 3.05) is 5.32 Å². The third-order valence-corrected chi connectivity index (χ3v) is 3.07. The second-order valence-electron chi connectivity index (χ2n) is 5.47. The Labute approximate surface area is 109 Å². The summed E-state index contributed by atoms with van der Waals surface area (Å²) in [6, 6.07) is 2.10. The van der Waals surface area contributed by atoms with Crippen LogP contribution in [0.25, 0.3) is 0 Å². The number of halogens is 1. The molecule has 0 aliphatic carbocycles. The van der Waals surface area contributed by atoms with Gasteiger partial charge in [0, 0.05) is 18.5 Å². The predicted octanol–water partition coefficient (Wildman–Crippen LogP) is 3.93. The zero-order chi connectivity index (χ0) is 13.1. The van der Waals surface area contributed by atoms with Gasteiger partial charge in [0.15, 0.2) is 0 Å². The van der Waals surface area contributed by atoms with Crippen LogP contribution < -0.4 is 5.32 Å². The van der Waals surface area contributed by atoms with Crippen molar-refractivity contribution in [2.45, 2.75) is 53.5 Å². The standard InChI is InChI=1S/C13H22ClN3/c1-6-7-11-16-10(14)8-12(17-11)15-9(2)13(3,4)5/h8-9H,6-7H2,1-5H3,(H,15,16,17). The fourth-order valence-corrected chi connectivity index (χ4v) is 1.51. The summed E-state index contributed by atoms with van der Waals surface area (Å²) >= 11 is 5.99. The first-order chi connectivity index (χ1) is 7.82. The second-order valence-corrected chi connectivity index (χ2v) is 5.86. The molecule has 96 valence electrons. The van der Waals surface area contributed by atoms with Gasteiger partial charge in [0.05, 0.1) is 0 Å². The molecular formula is C13H22ClN3. The maximum absolute atomic E-state index is 5.99. The van der Waals surface area contributed by atoms with Crippen LogP contribution in [0.3, 0.4) is 0 Å². The van der Waals surface area contributed by atoms with Gasteiger partial charge in [-0.1, -0.05) is 39.3 Å². The molecule has 0 aliphatic rings. The lowest BCUT2D eigenvalue weighted by molar-refractivity contribution is 0.358. The van der Waals surface area contributed by atoms with E-state index < -0.39 is 0 Å². The van der Waals surface area contributed by atoms with Crippen molar-refractivity contribution in [3.63, 3.8) is 0 Å². The van der Waals surface area contributed by atoms with Gasteiger partial charge in [-0.15, -0.1) is 0 Å². The van der Waals surface area contributed by atoms with Crippen LogP contribution in [0, 0.1) is 5.41 Å². The molecule has 3 nitrogen and oxygen atoms in total. The third-order valence-electron chi connectivity index (χ3n) is 2.88. The van der Waals surface area contributed by atoms with E-state index in [1.54, 1.807) is 6.07 Å². The monoisotopic (exact) mass is 255 g/mol. The van der Waals surface area contributed by atoms with Crippen LogP contribution in [0.4, 0.5) is 5.82 Å². The van der Waals surface area contributed by atoms with Crippen molar-refractivity contribution in [3.05, 3.63) is 17.0 Å². The van der Waals surface area contributed by atoms with E-state index in [-0.39, 0.29) is 5.41 Å². The van der Waals surface area contributed by atoms with Crippen LogP contribution >= 0.6 is 11.6 Å². The molecule has 0 amide bonds. The highest BCUT2D eigenvalue weighted by Crippen LogP contribution is 2.23. The minimum absolute atomic E-state index is 0.183. The number of nitrogens with one attached hydrogen (secondary N) is 1. The summed E-state index contributed by atoms with van der Waals surface area (Å²) in [4.78, 5) is 8.68. The highest BCUT2D eigenvalue weighted by atomic mass is 35.5. The molecule has 1 aromatic heterocycles. The van der Waals surface area contributed by atoms with Crippen LogP contribution in [0.2, 0.25) is 5.15 Å². The molecule has 1 rings (SSSR count). The fraction of sp³-hybridized carbons (Fsp3) is 0.692. The molecule has 1 heterocycles. The van der Waals surface area contributed by atoms with Gasteiger partial charge >= 0.3 is 0 Å². The van der Waals surface area contributed by atoms with E-state index in [9.17, 15) is 0 Å². The minimum atomic E-state index is 0.183. The molecule has 4 heteroatoms. The number of aryl methyl sites for hydroxylation is 1. The zero-order valence-corrected chi connectivity index (χ0v) is 12.1. The van der Waals surface area contributed by atoms with Crippen LogP contribution in [-0.2, 0) is 6.42 Å². The predicted molar refractivity (Wildman–Crippen MR) is 73.6 cm³/mol. The summed E-state index contributed by atoms with van der Waals surface area (Å²) in [5.41, 5.74) is 0.183. The van der Waals surface area contributed by atoms with E-state index in [0.717, 1.165) is 24.5 Å². The largest absolute Gasteiger partial charge is 0.367 e. The molecule has 1 unspecified atom stereocenters. The summed E-state index contributed by atoms with van der Waals surface area (Å²) in [7, 11) is 0. The summed E-state index contributed by atoms with van der Waals surface area (Å²) in [6.45, 7) is 10.8. The van der Waals surface area contributed by atoms with E-state index >= 15 is 0 Å². The molecular weight excluding hydrogens is 234 g/mol. The van der Waals surface area contributed by atoms with Crippen molar-refractivity contribution >= 4 is 17.4 Å². The molecule has 0 radical (unpaired) electrons. The Kier molecular flexibility index (Phi) is 4.75. The second kappa shape index (κ2) is 5.67. The average Bonchev–Trinajstić information content (AvgIpc) is 2.15. The molecule has 1 N–H and O–H groups in total. The van der Waals surface area contributed by atoms with E-state index in [1.165, 1.54) is 0 Å². The molecule has 17 heavy (non-hydrogen) atoms. The topological polar surface area (TPSA) is 37.8 Å². The number of aromatic nitrogens is 2. The molecule has 0 spiro atoms. The van der Waals surface area contributed by atoms with E-state index in [4.69, 9.17) is 11.6 Å². The Morgan fingerprint density at radius 2 is 2.00 bits per heavy atom. The molecule has 0 saturated carbocycles. The molecule has 1 atom stereocenters. The van der Waals surface area contributed by atoms with Crippen molar-refractivity contribution in [1.29, 1.82) is 0 Å². The molecule has 0 saturated heterocycles. The third kappa shape index (κ3) is 4.50.